The van der Waals surface area contributed by atoms with Crippen molar-refractivity contribution < 1.29 is 9.47 Å². The van der Waals surface area contributed by atoms with Gasteiger partial charge in [0.05, 0.1) is 6.61 Å². The summed E-state index contributed by atoms with van der Waals surface area (Å²) >= 11 is 0. The van der Waals surface area contributed by atoms with Gasteiger partial charge >= 0.3 is 0 Å². The first-order chi connectivity index (χ1) is 3.77. The Morgan fingerprint density at radius 2 is 2.12 bits per heavy atom. The summed E-state index contributed by atoms with van der Waals surface area (Å²) in [5.74, 6) is 0.238. The lowest BCUT2D eigenvalue weighted by molar-refractivity contribution is 0.140. The third-order valence-corrected chi connectivity index (χ3v) is 0.606. The molecule has 0 fully saturated rings. The summed E-state index contributed by atoms with van der Waals surface area (Å²) in [4.78, 5) is 0. The van der Waals surface area contributed by atoms with E-state index in [0.29, 0.717) is 13.2 Å². The van der Waals surface area contributed by atoms with Crippen molar-refractivity contribution in [3.8, 4) is 0 Å². The Morgan fingerprint density at radius 3 is 2.50 bits per heavy atom. The number of hydrogen-bond acceptors (Lipinski definition) is 3. The largest absolute Gasteiger partial charge is 0.479 e. The molecule has 0 heterocycles. The Bertz CT molecular complexity index is 72.8. The molecule has 0 aliphatic rings. The number of nitrogens with one attached hydrogen (secondary N) is 1. The van der Waals surface area contributed by atoms with Crippen molar-refractivity contribution in [1.82, 2.24) is 0 Å². The summed E-state index contributed by atoms with van der Waals surface area (Å²) in [5.41, 5.74) is 0. The third-order valence-electron chi connectivity index (χ3n) is 0.606. The summed E-state index contributed by atoms with van der Waals surface area (Å²) < 4.78 is 9.41. The van der Waals surface area contributed by atoms with Crippen LogP contribution in [0, 0.1) is 5.41 Å². The minimum absolute atomic E-state index is 0.238. The Kier molecular flexibility index (Phi) is 4.26. The van der Waals surface area contributed by atoms with Crippen LogP contribution in [-0.4, -0.2) is 26.2 Å². The van der Waals surface area contributed by atoms with Gasteiger partial charge in [-0.15, -0.1) is 0 Å². The lowest BCUT2D eigenvalue weighted by atomic mass is 10.7. The van der Waals surface area contributed by atoms with Crippen LogP contribution in [0.3, 0.4) is 0 Å². The topological polar surface area (TPSA) is 42.3 Å². The minimum atomic E-state index is 0.238. The average molecular weight is 117 g/mol. The number of methoxy groups -OCH3 is 1. The maximum Gasteiger partial charge on any atom is 0.177 e. The van der Waals surface area contributed by atoms with Crippen molar-refractivity contribution >= 4 is 5.90 Å². The summed E-state index contributed by atoms with van der Waals surface area (Å²) in [6, 6.07) is 0. The van der Waals surface area contributed by atoms with Crippen molar-refractivity contribution in [3.63, 3.8) is 0 Å². The molecule has 0 atom stereocenters. The molecule has 0 radical (unpaired) electrons. The second kappa shape index (κ2) is 4.59. The fourth-order valence-corrected chi connectivity index (χ4v) is 0.278. The molecule has 0 aromatic carbocycles. The Labute approximate surface area is 49.1 Å². The highest BCUT2D eigenvalue weighted by Crippen LogP contribution is 1.75. The Balaban J connectivity index is 2.82. The standard InChI is InChI=1S/C5H11NO2/c1-5(6)8-4-3-7-2/h6H,3-4H2,1-2H3. The van der Waals surface area contributed by atoms with Crippen LogP contribution < -0.4 is 0 Å². The fourth-order valence-electron chi connectivity index (χ4n) is 0.278. The van der Waals surface area contributed by atoms with Gasteiger partial charge in [0, 0.05) is 14.0 Å². The van der Waals surface area contributed by atoms with E-state index in [1.54, 1.807) is 14.0 Å². The van der Waals surface area contributed by atoms with Crippen molar-refractivity contribution in [3.05, 3.63) is 0 Å². The van der Waals surface area contributed by atoms with Crippen molar-refractivity contribution in [1.29, 1.82) is 5.41 Å². The smallest absolute Gasteiger partial charge is 0.177 e. The quantitative estimate of drug-likeness (QED) is 0.335. The van der Waals surface area contributed by atoms with Gasteiger partial charge in [-0.25, -0.2) is 0 Å². The zero-order valence-corrected chi connectivity index (χ0v) is 5.23. The lowest BCUT2D eigenvalue weighted by Gasteiger charge is -1.99. The van der Waals surface area contributed by atoms with E-state index in [0.717, 1.165) is 0 Å². The molecule has 0 unspecified atom stereocenters. The molecule has 0 aromatic heterocycles. The fraction of sp³-hybridized carbons (Fsp3) is 0.800. The van der Waals surface area contributed by atoms with E-state index in [-0.39, 0.29) is 5.90 Å². The predicted octanol–water partition coefficient (Wildman–Crippen LogP) is 0.647. The van der Waals surface area contributed by atoms with Gasteiger partial charge in [0.1, 0.15) is 6.61 Å². The summed E-state index contributed by atoms with van der Waals surface area (Å²) in [6.07, 6.45) is 0. The van der Waals surface area contributed by atoms with E-state index in [4.69, 9.17) is 10.1 Å². The Morgan fingerprint density at radius 1 is 1.50 bits per heavy atom. The molecule has 0 amide bonds. The SMILES string of the molecule is COCCOC(C)=N. The van der Waals surface area contributed by atoms with Crippen LogP contribution in [0.2, 0.25) is 0 Å². The van der Waals surface area contributed by atoms with Crippen LogP contribution in [0.1, 0.15) is 6.92 Å². The first-order valence-corrected chi connectivity index (χ1v) is 2.44. The highest BCUT2D eigenvalue weighted by molar-refractivity contribution is 5.69. The molecule has 0 aromatic rings. The summed E-state index contributed by atoms with van der Waals surface area (Å²) in [5, 5.41) is 6.79. The summed E-state index contributed by atoms with van der Waals surface area (Å²) in [6.45, 7) is 2.62. The van der Waals surface area contributed by atoms with Gasteiger partial charge in [-0.05, 0) is 0 Å². The minimum Gasteiger partial charge on any atom is -0.479 e. The molecular formula is C5H11NO2. The zero-order chi connectivity index (χ0) is 6.41. The van der Waals surface area contributed by atoms with Gasteiger partial charge in [-0.1, -0.05) is 0 Å². The molecular weight excluding hydrogens is 106 g/mol. The second-order valence-electron chi connectivity index (χ2n) is 1.40. The predicted molar refractivity (Wildman–Crippen MR) is 31.2 cm³/mol. The van der Waals surface area contributed by atoms with E-state index >= 15 is 0 Å². The molecule has 0 saturated carbocycles. The second-order valence-corrected chi connectivity index (χ2v) is 1.40. The van der Waals surface area contributed by atoms with Crippen LogP contribution in [0.25, 0.3) is 0 Å². The monoisotopic (exact) mass is 117 g/mol. The maximum atomic E-state index is 6.79. The van der Waals surface area contributed by atoms with Gasteiger partial charge < -0.3 is 9.47 Å². The molecule has 1 N–H and O–H groups in total. The van der Waals surface area contributed by atoms with Crippen molar-refractivity contribution in [2.24, 2.45) is 0 Å². The number of rotatable bonds is 3. The molecule has 0 rings (SSSR count). The lowest BCUT2D eigenvalue weighted by Crippen LogP contribution is -2.04. The van der Waals surface area contributed by atoms with Gasteiger partial charge in [-0.3, -0.25) is 5.41 Å². The van der Waals surface area contributed by atoms with Gasteiger partial charge in [0.15, 0.2) is 5.90 Å². The van der Waals surface area contributed by atoms with Crippen LogP contribution >= 0.6 is 0 Å². The maximum absolute atomic E-state index is 6.79. The van der Waals surface area contributed by atoms with Gasteiger partial charge in [-0.2, -0.15) is 0 Å². The molecule has 3 heteroatoms. The normalized spacial score (nSPS) is 8.75. The van der Waals surface area contributed by atoms with Gasteiger partial charge in [0.2, 0.25) is 0 Å². The van der Waals surface area contributed by atoms with Crippen LogP contribution in [0.5, 0.6) is 0 Å². The number of hydrogen-bond donors (Lipinski definition) is 1. The van der Waals surface area contributed by atoms with Crippen LogP contribution in [0.4, 0.5) is 0 Å². The molecule has 0 bridgehead atoms. The molecule has 8 heavy (non-hydrogen) atoms. The average Bonchev–Trinajstić information content (AvgIpc) is 1.66. The first kappa shape index (κ1) is 7.43. The van der Waals surface area contributed by atoms with E-state index in [1.165, 1.54) is 0 Å². The third kappa shape index (κ3) is 5.43. The molecule has 0 aliphatic carbocycles. The summed E-state index contributed by atoms with van der Waals surface area (Å²) in [7, 11) is 1.60. The van der Waals surface area contributed by atoms with Crippen LogP contribution in [-0.2, 0) is 9.47 Å². The molecule has 3 nitrogen and oxygen atoms in total. The highest BCUT2D eigenvalue weighted by Gasteiger charge is 1.84. The van der Waals surface area contributed by atoms with E-state index in [2.05, 4.69) is 4.74 Å². The highest BCUT2D eigenvalue weighted by atomic mass is 16.5. The molecule has 48 valence electrons. The molecule has 0 aliphatic heterocycles. The van der Waals surface area contributed by atoms with Crippen LogP contribution in [0.15, 0.2) is 0 Å². The first-order valence-electron chi connectivity index (χ1n) is 2.44. The van der Waals surface area contributed by atoms with Gasteiger partial charge in [0.25, 0.3) is 0 Å². The zero-order valence-electron chi connectivity index (χ0n) is 5.23. The van der Waals surface area contributed by atoms with E-state index in [9.17, 15) is 0 Å². The Hall–Kier alpha value is -0.570. The van der Waals surface area contributed by atoms with E-state index in [1.807, 2.05) is 0 Å². The molecule has 0 spiro atoms. The van der Waals surface area contributed by atoms with Crippen molar-refractivity contribution in [2.45, 2.75) is 6.92 Å². The van der Waals surface area contributed by atoms with Crippen molar-refractivity contribution in [2.75, 3.05) is 20.3 Å². The van der Waals surface area contributed by atoms with E-state index < -0.39 is 0 Å². The number of ether oxygens (including phenoxy) is 2. The molecule has 0 saturated heterocycles.